The van der Waals surface area contributed by atoms with Crippen LogP contribution in [0.1, 0.15) is 17.5 Å². The molecule has 1 unspecified atom stereocenters. The summed E-state index contributed by atoms with van der Waals surface area (Å²) < 4.78 is 16.2. The number of rotatable bonds is 2. The molecule has 0 spiro atoms. The average molecular weight is 369 g/mol. The Morgan fingerprint density at radius 2 is 1.78 bits per heavy atom. The van der Waals surface area contributed by atoms with Gasteiger partial charge in [0.25, 0.3) is 0 Å². The highest BCUT2D eigenvalue weighted by molar-refractivity contribution is 8.15. The van der Waals surface area contributed by atoms with Crippen LogP contribution in [0.15, 0.2) is 51.7 Å². The van der Waals surface area contributed by atoms with E-state index in [-0.39, 0.29) is 0 Å². The molecule has 120 valence electrons. The molecule has 0 radical (unpaired) electrons. The maximum atomic E-state index is 12.6. The van der Waals surface area contributed by atoms with Gasteiger partial charge in [0.2, 0.25) is 0 Å². The van der Waals surface area contributed by atoms with Crippen molar-refractivity contribution >= 4 is 42.9 Å². The van der Waals surface area contributed by atoms with Gasteiger partial charge in [-0.3, -0.25) is 0 Å². The first-order chi connectivity index (χ1) is 10.9. The molecular weight excluding hydrogens is 355 g/mol. The van der Waals surface area contributed by atoms with Crippen LogP contribution in [-0.4, -0.2) is 10.2 Å². The molecule has 0 aromatic heterocycles. The zero-order valence-electron chi connectivity index (χ0n) is 12.1. The maximum Gasteiger partial charge on any atom is 0.354 e. The highest BCUT2D eigenvalue weighted by Gasteiger charge is 2.17. The van der Waals surface area contributed by atoms with Crippen LogP contribution in [0.4, 0.5) is 10.5 Å². The predicted octanol–water partition coefficient (Wildman–Crippen LogP) is 5.04. The number of fused-ring (bicyclic) bond motifs is 1. The monoisotopic (exact) mass is 368 g/mol. The quantitative estimate of drug-likeness (QED) is 0.754. The molecule has 1 atom stereocenters. The number of benzene rings is 2. The zero-order chi connectivity index (χ0) is 16.4. The standard InChI is InChI=1S/C16H14Cl2N2O2S/c17-13-5-7-14(8-6-13)19-16(21)20-23(18,22)15-9-4-11-2-1-3-12(11)10-15/h4-10H,1-3H2,(H,19,21). The summed E-state index contributed by atoms with van der Waals surface area (Å²) in [5.41, 5.74) is 2.87. The van der Waals surface area contributed by atoms with Crippen LogP contribution in [0.5, 0.6) is 0 Å². The fraction of sp³-hybridized carbons (Fsp3) is 0.188. The molecular formula is C16H14Cl2N2O2S. The first kappa shape index (κ1) is 16.3. The molecule has 2 aromatic rings. The lowest BCUT2D eigenvalue weighted by Crippen LogP contribution is -2.08. The van der Waals surface area contributed by atoms with E-state index in [0.717, 1.165) is 24.8 Å². The Morgan fingerprint density at radius 1 is 1.09 bits per heavy atom. The highest BCUT2D eigenvalue weighted by Crippen LogP contribution is 2.27. The first-order valence-corrected chi connectivity index (χ1v) is 9.81. The van der Waals surface area contributed by atoms with E-state index in [1.807, 2.05) is 6.07 Å². The minimum absolute atomic E-state index is 0.367. The molecule has 1 aliphatic rings. The van der Waals surface area contributed by atoms with Gasteiger partial charge < -0.3 is 5.32 Å². The van der Waals surface area contributed by atoms with Crippen molar-refractivity contribution in [3.05, 3.63) is 58.6 Å². The number of hydrogen-bond acceptors (Lipinski definition) is 2. The lowest BCUT2D eigenvalue weighted by molar-refractivity contribution is 0.260. The molecule has 3 rings (SSSR count). The van der Waals surface area contributed by atoms with E-state index >= 15 is 0 Å². The van der Waals surface area contributed by atoms with Gasteiger partial charge in [0.15, 0.2) is 8.94 Å². The van der Waals surface area contributed by atoms with Crippen molar-refractivity contribution in [3.63, 3.8) is 0 Å². The van der Waals surface area contributed by atoms with E-state index in [9.17, 15) is 9.00 Å². The Bertz CT molecular complexity index is 872. The number of urea groups is 1. The number of nitrogens with zero attached hydrogens (tertiary/aromatic N) is 1. The summed E-state index contributed by atoms with van der Waals surface area (Å²) in [6.07, 6.45) is 3.04. The summed E-state index contributed by atoms with van der Waals surface area (Å²) in [6.45, 7) is 0. The van der Waals surface area contributed by atoms with E-state index in [1.165, 1.54) is 5.56 Å². The Kier molecular flexibility index (Phi) is 4.62. The topological polar surface area (TPSA) is 58.5 Å². The molecule has 0 aliphatic heterocycles. The van der Waals surface area contributed by atoms with Gasteiger partial charge in [0.05, 0.1) is 4.90 Å². The molecule has 1 aliphatic carbocycles. The van der Waals surface area contributed by atoms with Crippen molar-refractivity contribution < 1.29 is 9.00 Å². The lowest BCUT2D eigenvalue weighted by atomic mass is 10.1. The van der Waals surface area contributed by atoms with Gasteiger partial charge in [0, 0.05) is 21.4 Å². The molecule has 23 heavy (non-hydrogen) atoms. The van der Waals surface area contributed by atoms with E-state index < -0.39 is 15.0 Å². The van der Waals surface area contributed by atoms with Gasteiger partial charge in [-0.15, -0.1) is 4.36 Å². The lowest BCUT2D eigenvalue weighted by Gasteiger charge is -2.06. The predicted molar refractivity (Wildman–Crippen MR) is 93.6 cm³/mol. The molecule has 2 amide bonds. The van der Waals surface area contributed by atoms with Crippen LogP contribution in [0, 0.1) is 0 Å². The van der Waals surface area contributed by atoms with Crippen molar-refractivity contribution in [2.24, 2.45) is 4.36 Å². The van der Waals surface area contributed by atoms with Crippen molar-refractivity contribution in [2.75, 3.05) is 5.32 Å². The van der Waals surface area contributed by atoms with Gasteiger partial charge in [-0.05, 0) is 66.8 Å². The molecule has 0 saturated heterocycles. The van der Waals surface area contributed by atoms with Crippen LogP contribution in [0.3, 0.4) is 0 Å². The van der Waals surface area contributed by atoms with E-state index in [2.05, 4.69) is 9.68 Å². The molecule has 0 fully saturated rings. The minimum atomic E-state index is -3.30. The molecule has 2 aromatic carbocycles. The normalized spacial score (nSPS) is 15.6. The third-order valence-corrected chi connectivity index (χ3v) is 5.89. The van der Waals surface area contributed by atoms with Crippen molar-refractivity contribution in [2.45, 2.75) is 24.2 Å². The Balaban J connectivity index is 1.83. The SMILES string of the molecule is O=C(N=S(=O)(Cl)c1ccc2c(c1)CCC2)Nc1ccc(Cl)cc1. The molecule has 1 N–H and O–H groups in total. The Morgan fingerprint density at radius 3 is 2.52 bits per heavy atom. The fourth-order valence-corrected chi connectivity index (χ4v) is 4.03. The summed E-state index contributed by atoms with van der Waals surface area (Å²) in [6, 6.07) is 11.1. The number of nitrogens with one attached hydrogen (secondary N) is 1. The number of hydrogen-bond donors (Lipinski definition) is 1. The number of aryl methyl sites for hydroxylation is 2. The summed E-state index contributed by atoms with van der Waals surface area (Å²) >= 11 is 5.78. The van der Waals surface area contributed by atoms with Crippen LogP contribution < -0.4 is 5.32 Å². The summed E-state index contributed by atoms with van der Waals surface area (Å²) in [4.78, 5) is 12.3. The van der Waals surface area contributed by atoms with E-state index in [0.29, 0.717) is 15.6 Å². The number of amides is 2. The average Bonchev–Trinajstić information content (AvgIpc) is 2.96. The second-order valence-corrected chi connectivity index (χ2v) is 8.53. The Hall–Kier alpha value is -1.56. The minimum Gasteiger partial charge on any atom is -0.306 e. The molecule has 0 saturated carbocycles. The largest absolute Gasteiger partial charge is 0.354 e. The second kappa shape index (κ2) is 6.51. The Labute approximate surface area is 144 Å². The second-order valence-electron chi connectivity index (χ2n) is 5.27. The summed E-state index contributed by atoms with van der Waals surface area (Å²) in [5.74, 6) is 0. The van der Waals surface area contributed by atoms with Crippen molar-refractivity contribution in [3.8, 4) is 0 Å². The first-order valence-electron chi connectivity index (χ1n) is 7.09. The van der Waals surface area contributed by atoms with Gasteiger partial charge in [-0.25, -0.2) is 9.00 Å². The van der Waals surface area contributed by atoms with Crippen molar-refractivity contribution in [1.29, 1.82) is 0 Å². The van der Waals surface area contributed by atoms with Crippen molar-refractivity contribution in [1.82, 2.24) is 0 Å². The third-order valence-electron chi connectivity index (χ3n) is 3.66. The van der Waals surface area contributed by atoms with Crippen LogP contribution >= 0.6 is 22.3 Å². The van der Waals surface area contributed by atoms with E-state index in [1.54, 1.807) is 36.4 Å². The molecule has 4 nitrogen and oxygen atoms in total. The van der Waals surface area contributed by atoms with E-state index in [4.69, 9.17) is 22.3 Å². The number of carbonyl (C=O) groups is 1. The number of halogens is 2. The van der Waals surface area contributed by atoms with Gasteiger partial charge in [-0.2, -0.15) is 0 Å². The maximum absolute atomic E-state index is 12.6. The summed E-state index contributed by atoms with van der Waals surface area (Å²) in [5, 5.41) is 3.07. The zero-order valence-corrected chi connectivity index (χ0v) is 14.4. The number of anilines is 1. The van der Waals surface area contributed by atoms with Gasteiger partial charge in [-0.1, -0.05) is 17.7 Å². The van der Waals surface area contributed by atoms with Gasteiger partial charge >= 0.3 is 6.03 Å². The summed E-state index contributed by atoms with van der Waals surface area (Å²) in [7, 11) is 2.73. The van der Waals surface area contributed by atoms with Crippen LogP contribution in [0.25, 0.3) is 0 Å². The molecule has 0 bridgehead atoms. The smallest absolute Gasteiger partial charge is 0.306 e. The van der Waals surface area contributed by atoms with Crippen LogP contribution in [-0.2, 0) is 21.8 Å². The highest BCUT2D eigenvalue weighted by atomic mass is 35.7. The number of carbonyl (C=O) groups excluding carboxylic acids is 1. The molecule has 0 heterocycles. The third kappa shape index (κ3) is 3.86. The fourth-order valence-electron chi connectivity index (χ4n) is 2.54. The molecule has 7 heteroatoms. The van der Waals surface area contributed by atoms with Crippen LogP contribution in [0.2, 0.25) is 5.02 Å². The van der Waals surface area contributed by atoms with Gasteiger partial charge in [0.1, 0.15) is 0 Å².